The molecule has 1 aliphatic heterocycles. The van der Waals surface area contributed by atoms with Crippen molar-refractivity contribution in [3.8, 4) is 40.2 Å². The lowest BCUT2D eigenvalue weighted by Gasteiger charge is -2.52. The molecule has 11 aromatic rings. The van der Waals surface area contributed by atoms with E-state index in [1.807, 2.05) is 24.3 Å². The molecule has 0 amide bonds. The summed E-state index contributed by atoms with van der Waals surface area (Å²) < 4.78 is 11.7. The number of oxazole rings is 1. The topological polar surface area (TPSA) is 74.6 Å². The Morgan fingerprint density at radius 1 is 0.507 bits per heavy atom. The zero-order valence-corrected chi connectivity index (χ0v) is 38.6. The average Bonchev–Trinajstić information content (AvgIpc) is 4.08. The highest BCUT2D eigenvalue weighted by Crippen LogP contribution is 2.64. The molecule has 328 valence electrons. The van der Waals surface area contributed by atoms with Crippen LogP contribution >= 0.6 is 0 Å². The summed E-state index contributed by atoms with van der Waals surface area (Å²) in [6.07, 6.45) is 9.85. The van der Waals surface area contributed by atoms with E-state index in [9.17, 15) is 0 Å². The van der Waals surface area contributed by atoms with Gasteiger partial charge in [-0.2, -0.15) is 9.97 Å². The van der Waals surface area contributed by atoms with Gasteiger partial charge in [-0.05, 0) is 84.2 Å². The fraction of sp³-hybridized carbons (Fsp3) is 0.129. The third-order valence-corrected chi connectivity index (χ3v) is 16.0. The van der Waals surface area contributed by atoms with Crippen LogP contribution in [0.5, 0.6) is 0 Å². The molecule has 4 atom stereocenters. The molecule has 3 aliphatic carbocycles. The second kappa shape index (κ2) is 13.6. The molecule has 4 aromatic heterocycles. The van der Waals surface area contributed by atoms with Gasteiger partial charge in [0.05, 0.1) is 22.1 Å². The van der Waals surface area contributed by atoms with E-state index in [-0.39, 0.29) is 11.8 Å². The average molecular weight is 889 g/mol. The molecule has 0 saturated heterocycles. The van der Waals surface area contributed by atoms with Gasteiger partial charge in [0.25, 0.3) is 0 Å². The molecule has 7 nitrogen and oxygen atoms in total. The lowest BCUT2D eigenvalue weighted by Crippen LogP contribution is -2.41. The van der Waals surface area contributed by atoms with E-state index in [4.69, 9.17) is 24.4 Å². The summed E-state index contributed by atoms with van der Waals surface area (Å²) in [5.41, 5.74) is 16.7. The fourth-order valence-electron chi connectivity index (χ4n) is 13.2. The highest BCUT2D eigenvalue weighted by molar-refractivity contribution is 6.24. The van der Waals surface area contributed by atoms with Crippen molar-refractivity contribution in [1.82, 2.24) is 29.1 Å². The number of para-hydroxylation sites is 3. The van der Waals surface area contributed by atoms with Crippen LogP contribution < -0.4 is 0 Å². The standard InChI is InChI=1S/C62H44N6O/c1-35-41-23-15-24-46-51(41)36(2)53-52(35)62(4,47-25-16-26-48-56(47)69-59(63-48)38-19-9-6-10-20-38)33-39-29-30-40(34-61(39,53)3)67-49-27-13-11-21-42(49)44-31-32-45-43-22-12-14-28-50(43)68(55(45)54(44)67)60-65-57(64-58(46)66-60)37-17-7-5-8-18-37/h5-36H,1-4H3. The summed E-state index contributed by atoms with van der Waals surface area (Å²) in [5.74, 6) is 2.48. The lowest BCUT2D eigenvalue weighted by molar-refractivity contribution is 0.468. The van der Waals surface area contributed by atoms with E-state index in [1.165, 1.54) is 38.6 Å². The van der Waals surface area contributed by atoms with Gasteiger partial charge >= 0.3 is 0 Å². The molecule has 0 fully saturated rings. The molecule has 0 spiro atoms. The number of hydrogen-bond acceptors (Lipinski definition) is 5. The van der Waals surface area contributed by atoms with Crippen LogP contribution in [0.3, 0.4) is 0 Å². The predicted molar refractivity (Wildman–Crippen MR) is 278 cm³/mol. The first-order valence-electron chi connectivity index (χ1n) is 24.0. The Balaban J connectivity index is 1.11. The fourth-order valence-corrected chi connectivity index (χ4v) is 13.2. The molecule has 4 unspecified atom stereocenters. The maximum atomic E-state index is 6.89. The second-order valence-electron chi connectivity index (χ2n) is 19.7. The number of hydrogen-bond donors (Lipinski definition) is 0. The van der Waals surface area contributed by atoms with Crippen LogP contribution in [0.25, 0.3) is 101 Å². The zero-order chi connectivity index (χ0) is 45.9. The minimum atomic E-state index is -0.569. The first-order valence-corrected chi connectivity index (χ1v) is 24.0. The number of benzene rings is 7. The van der Waals surface area contributed by atoms with Crippen molar-refractivity contribution in [3.63, 3.8) is 0 Å². The molecule has 0 radical (unpaired) electrons. The van der Waals surface area contributed by atoms with Crippen molar-refractivity contribution in [3.05, 3.63) is 215 Å². The Bertz CT molecular complexity index is 4200. The van der Waals surface area contributed by atoms with E-state index in [0.29, 0.717) is 23.5 Å². The molecule has 7 aromatic carbocycles. The highest BCUT2D eigenvalue weighted by atomic mass is 16.3. The van der Waals surface area contributed by atoms with Crippen molar-refractivity contribution in [1.29, 1.82) is 0 Å². The summed E-state index contributed by atoms with van der Waals surface area (Å²) >= 11 is 0. The smallest absolute Gasteiger partial charge is 0.238 e. The van der Waals surface area contributed by atoms with Crippen LogP contribution in [0, 0.1) is 5.41 Å². The van der Waals surface area contributed by atoms with E-state index < -0.39 is 10.8 Å². The van der Waals surface area contributed by atoms with Crippen molar-refractivity contribution in [2.75, 3.05) is 0 Å². The van der Waals surface area contributed by atoms with Gasteiger partial charge in [-0.25, -0.2) is 9.97 Å². The Morgan fingerprint density at radius 2 is 1.14 bits per heavy atom. The van der Waals surface area contributed by atoms with Crippen LogP contribution in [0.15, 0.2) is 203 Å². The lowest BCUT2D eigenvalue weighted by atomic mass is 9.51. The molecule has 6 bridgehead atoms. The van der Waals surface area contributed by atoms with Crippen LogP contribution in [-0.4, -0.2) is 29.1 Å². The van der Waals surface area contributed by atoms with Crippen molar-refractivity contribution in [2.24, 2.45) is 5.41 Å². The van der Waals surface area contributed by atoms with Gasteiger partial charge in [0.2, 0.25) is 11.8 Å². The van der Waals surface area contributed by atoms with Crippen LogP contribution in [0.1, 0.15) is 56.2 Å². The number of rotatable bonds is 3. The summed E-state index contributed by atoms with van der Waals surface area (Å²) in [5, 5.41) is 4.66. The molecule has 0 N–H and O–H groups in total. The number of allylic oxidation sites excluding steroid dienone is 8. The number of fused-ring (bicyclic) bond motifs is 12. The minimum absolute atomic E-state index is 0.0102. The Hall–Kier alpha value is -8.42. The highest BCUT2D eigenvalue weighted by Gasteiger charge is 2.52. The maximum Gasteiger partial charge on any atom is 0.238 e. The Kier molecular flexibility index (Phi) is 7.62. The van der Waals surface area contributed by atoms with Gasteiger partial charge in [0.1, 0.15) is 5.52 Å². The van der Waals surface area contributed by atoms with Crippen molar-refractivity contribution < 1.29 is 4.42 Å². The molecule has 0 saturated carbocycles. The van der Waals surface area contributed by atoms with Gasteiger partial charge in [0.15, 0.2) is 17.2 Å². The zero-order valence-electron chi connectivity index (χ0n) is 38.6. The SMILES string of the molecule is CC1C2=C3C(C)c4c(cccc41)-c1nc(-c4ccccc4)nc(n1)-n1c4ccccc4c4ccc5c6ccccc6n(c5c41)C1=CC3(C)C(=CC2(C)c2cccc3nc(-c4ccccc4)oc23)C=C1. The monoisotopic (exact) mass is 888 g/mol. The van der Waals surface area contributed by atoms with Crippen LogP contribution in [0.2, 0.25) is 0 Å². The summed E-state index contributed by atoms with van der Waals surface area (Å²) in [7, 11) is 0. The molecular formula is C62H44N6O. The molecule has 69 heavy (non-hydrogen) atoms. The van der Waals surface area contributed by atoms with Crippen molar-refractivity contribution >= 4 is 60.4 Å². The second-order valence-corrected chi connectivity index (χ2v) is 19.7. The predicted octanol–water partition coefficient (Wildman–Crippen LogP) is 15.1. The number of aromatic nitrogens is 6. The normalized spacial score (nSPS) is 21.2. The van der Waals surface area contributed by atoms with Gasteiger partial charge in [-0.1, -0.05) is 153 Å². The Morgan fingerprint density at radius 3 is 1.90 bits per heavy atom. The summed E-state index contributed by atoms with van der Waals surface area (Å²) in [6.45, 7) is 9.69. The molecule has 5 heterocycles. The third kappa shape index (κ3) is 5.06. The third-order valence-electron chi connectivity index (χ3n) is 16.0. The first-order chi connectivity index (χ1) is 33.8. The molecular weight excluding hydrogens is 845 g/mol. The van der Waals surface area contributed by atoms with Gasteiger partial charge < -0.3 is 8.98 Å². The minimum Gasteiger partial charge on any atom is -0.436 e. The van der Waals surface area contributed by atoms with E-state index in [2.05, 4.69) is 195 Å². The van der Waals surface area contributed by atoms with Crippen molar-refractivity contribution in [2.45, 2.75) is 44.9 Å². The van der Waals surface area contributed by atoms with Gasteiger partial charge in [0, 0.05) is 72.2 Å². The maximum absolute atomic E-state index is 6.89. The van der Waals surface area contributed by atoms with E-state index >= 15 is 0 Å². The number of nitrogens with zero attached hydrogens (tertiary/aromatic N) is 6. The molecule has 7 heteroatoms. The van der Waals surface area contributed by atoms with E-state index in [1.54, 1.807) is 0 Å². The quantitative estimate of drug-likeness (QED) is 0.165. The molecule has 15 rings (SSSR count). The van der Waals surface area contributed by atoms with Crippen LogP contribution in [0.4, 0.5) is 0 Å². The first kappa shape index (κ1) is 38.7. The summed E-state index contributed by atoms with van der Waals surface area (Å²) in [6, 6.07) is 56.0. The van der Waals surface area contributed by atoms with Crippen LogP contribution in [-0.2, 0) is 5.41 Å². The Labute approximate surface area is 398 Å². The van der Waals surface area contributed by atoms with Gasteiger partial charge in [-0.3, -0.25) is 4.57 Å². The largest absolute Gasteiger partial charge is 0.436 e. The summed E-state index contributed by atoms with van der Waals surface area (Å²) in [4.78, 5) is 21.6. The van der Waals surface area contributed by atoms with E-state index in [0.717, 1.165) is 71.9 Å². The van der Waals surface area contributed by atoms with Gasteiger partial charge in [-0.15, -0.1) is 0 Å². The molecule has 4 aliphatic rings.